The second-order valence-corrected chi connectivity index (χ2v) is 4.51. The third-order valence-electron chi connectivity index (χ3n) is 2.20. The first-order chi connectivity index (χ1) is 8.13. The maximum absolute atomic E-state index is 10.8. The van der Waals surface area contributed by atoms with Crippen molar-refractivity contribution in [3.05, 3.63) is 16.4 Å². The van der Waals surface area contributed by atoms with Crippen LogP contribution >= 0.6 is 11.3 Å². The van der Waals surface area contributed by atoms with E-state index >= 15 is 0 Å². The summed E-state index contributed by atoms with van der Waals surface area (Å²) in [6.07, 6.45) is 1.85. The second kappa shape index (κ2) is 4.58. The van der Waals surface area contributed by atoms with Gasteiger partial charge < -0.3 is 5.11 Å². The molecule has 0 aliphatic carbocycles. The second-order valence-electron chi connectivity index (χ2n) is 3.47. The van der Waals surface area contributed by atoms with E-state index in [0.29, 0.717) is 10.8 Å². The molecule has 0 aromatic carbocycles. The van der Waals surface area contributed by atoms with Crippen LogP contribution in [-0.4, -0.2) is 36.3 Å². The molecule has 0 saturated carbocycles. The fraction of sp³-hybridized carbons (Fsp3) is 0.444. The highest BCUT2D eigenvalue weighted by Gasteiger charge is 2.18. The predicted octanol–water partition coefficient (Wildman–Crippen LogP) is 1.08. The Bertz CT molecular complexity index is 547. The first kappa shape index (κ1) is 11.6. The monoisotopic (exact) mass is 253 g/mol. The average Bonchev–Trinajstić information content (AvgIpc) is 2.85. The zero-order chi connectivity index (χ0) is 12.4. The minimum absolute atomic E-state index is 0.0581. The third kappa shape index (κ3) is 2.16. The van der Waals surface area contributed by atoms with E-state index < -0.39 is 5.97 Å². The molecule has 2 aromatic heterocycles. The summed E-state index contributed by atoms with van der Waals surface area (Å²) in [6.45, 7) is 3.70. The summed E-state index contributed by atoms with van der Waals surface area (Å²) in [4.78, 5) is 10.8. The molecule has 2 aromatic rings. The molecule has 17 heavy (non-hydrogen) atoms. The topological polar surface area (TPSA) is 93.8 Å². The number of carboxylic acid groups (broad SMARTS) is 1. The highest BCUT2D eigenvalue weighted by molar-refractivity contribution is 7.13. The third-order valence-corrected chi connectivity index (χ3v) is 3.16. The van der Waals surface area contributed by atoms with Gasteiger partial charge in [-0.2, -0.15) is 4.68 Å². The molecule has 0 atom stereocenters. The van der Waals surface area contributed by atoms with Gasteiger partial charge in [0.15, 0.2) is 5.69 Å². The number of rotatable bonds is 4. The summed E-state index contributed by atoms with van der Waals surface area (Å²) in [5, 5.41) is 25.7. The van der Waals surface area contributed by atoms with Gasteiger partial charge in [-0.1, -0.05) is 23.5 Å². The van der Waals surface area contributed by atoms with Crippen LogP contribution < -0.4 is 0 Å². The van der Waals surface area contributed by atoms with E-state index in [9.17, 15) is 4.79 Å². The summed E-state index contributed by atoms with van der Waals surface area (Å²) < 4.78 is 1.40. The Balaban J connectivity index is 2.36. The van der Waals surface area contributed by atoms with Crippen molar-refractivity contribution in [1.82, 2.24) is 25.2 Å². The fourth-order valence-electron chi connectivity index (χ4n) is 1.35. The molecular weight excluding hydrogens is 242 g/mol. The van der Waals surface area contributed by atoms with Crippen LogP contribution in [0.3, 0.4) is 0 Å². The normalized spacial score (nSPS) is 10.7. The SMILES string of the molecule is CCCc1nnc(-n2nnc(C(=O)O)c2C)s1. The van der Waals surface area contributed by atoms with Crippen LogP contribution in [0.2, 0.25) is 0 Å². The minimum atomic E-state index is -1.09. The number of carboxylic acids is 1. The van der Waals surface area contributed by atoms with Gasteiger partial charge in [0, 0.05) is 6.42 Å². The van der Waals surface area contributed by atoms with Crippen LogP contribution in [-0.2, 0) is 6.42 Å². The maximum atomic E-state index is 10.8. The highest BCUT2D eigenvalue weighted by atomic mass is 32.1. The Morgan fingerprint density at radius 3 is 2.76 bits per heavy atom. The van der Waals surface area contributed by atoms with E-state index in [1.807, 2.05) is 0 Å². The molecule has 0 radical (unpaired) electrons. The number of nitrogens with zero attached hydrogens (tertiary/aromatic N) is 5. The lowest BCUT2D eigenvalue weighted by atomic mass is 10.3. The summed E-state index contributed by atoms with van der Waals surface area (Å²) in [5.74, 6) is -1.09. The molecule has 0 unspecified atom stereocenters. The van der Waals surface area contributed by atoms with Crippen molar-refractivity contribution < 1.29 is 9.90 Å². The van der Waals surface area contributed by atoms with E-state index in [1.54, 1.807) is 6.92 Å². The molecule has 0 saturated heterocycles. The van der Waals surface area contributed by atoms with Gasteiger partial charge >= 0.3 is 5.97 Å². The van der Waals surface area contributed by atoms with E-state index in [-0.39, 0.29) is 5.69 Å². The van der Waals surface area contributed by atoms with Crippen molar-refractivity contribution in [3.63, 3.8) is 0 Å². The van der Waals surface area contributed by atoms with Gasteiger partial charge in [0.25, 0.3) is 0 Å². The van der Waals surface area contributed by atoms with Gasteiger partial charge in [0.1, 0.15) is 5.01 Å². The van der Waals surface area contributed by atoms with Crippen molar-refractivity contribution in [2.75, 3.05) is 0 Å². The molecule has 0 spiro atoms. The smallest absolute Gasteiger partial charge is 0.358 e. The Morgan fingerprint density at radius 1 is 1.41 bits per heavy atom. The number of carbonyl (C=O) groups is 1. The highest BCUT2D eigenvalue weighted by Crippen LogP contribution is 2.17. The molecule has 2 rings (SSSR count). The number of hydrogen-bond acceptors (Lipinski definition) is 6. The largest absolute Gasteiger partial charge is 0.476 e. The lowest BCUT2D eigenvalue weighted by Gasteiger charge is -1.95. The molecule has 7 nitrogen and oxygen atoms in total. The zero-order valence-corrected chi connectivity index (χ0v) is 10.2. The number of aromatic carboxylic acids is 1. The van der Waals surface area contributed by atoms with E-state index in [2.05, 4.69) is 27.4 Å². The van der Waals surface area contributed by atoms with Crippen LogP contribution in [0.15, 0.2) is 0 Å². The molecule has 0 aliphatic heterocycles. The number of aromatic nitrogens is 5. The first-order valence-corrected chi connectivity index (χ1v) is 5.93. The number of hydrogen-bond donors (Lipinski definition) is 1. The predicted molar refractivity (Wildman–Crippen MR) is 60.5 cm³/mol. The molecule has 0 bridgehead atoms. The Hall–Kier alpha value is -1.83. The van der Waals surface area contributed by atoms with Crippen molar-refractivity contribution in [2.24, 2.45) is 0 Å². The Morgan fingerprint density at radius 2 is 2.18 bits per heavy atom. The molecule has 8 heteroatoms. The summed E-state index contributed by atoms with van der Waals surface area (Å²) in [7, 11) is 0. The van der Waals surface area contributed by atoms with E-state index in [1.165, 1.54) is 16.0 Å². The molecule has 0 amide bonds. The summed E-state index contributed by atoms with van der Waals surface area (Å²) in [6, 6.07) is 0. The van der Waals surface area contributed by atoms with Gasteiger partial charge in [-0.05, 0) is 13.3 Å². The van der Waals surface area contributed by atoms with Crippen molar-refractivity contribution in [1.29, 1.82) is 0 Å². The van der Waals surface area contributed by atoms with Crippen LogP contribution in [0.5, 0.6) is 0 Å². The van der Waals surface area contributed by atoms with Gasteiger partial charge in [0.2, 0.25) is 5.13 Å². The fourth-order valence-corrected chi connectivity index (χ4v) is 2.29. The Kier molecular flexibility index (Phi) is 3.14. The van der Waals surface area contributed by atoms with Gasteiger partial charge in [0.05, 0.1) is 5.69 Å². The lowest BCUT2D eigenvalue weighted by Crippen LogP contribution is -2.02. The number of aryl methyl sites for hydroxylation is 1. The maximum Gasteiger partial charge on any atom is 0.358 e. The lowest BCUT2D eigenvalue weighted by molar-refractivity contribution is 0.0689. The van der Waals surface area contributed by atoms with Crippen molar-refractivity contribution in [2.45, 2.75) is 26.7 Å². The van der Waals surface area contributed by atoms with E-state index in [4.69, 9.17) is 5.11 Å². The minimum Gasteiger partial charge on any atom is -0.476 e. The molecule has 90 valence electrons. The summed E-state index contributed by atoms with van der Waals surface area (Å²) in [5.41, 5.74) is 0.397. The van der Waals surface area contributed by atoms with Gasteiger partial charge in [-0.15, -0.1) is 15.3 Å². The van der Waals surface area contributed by atoms with Crippen molar-refractivity contribution >= 4 is 17.3 Å². The van der Waals surface area contributed by atoms with Crippen LogP contribution in [0.4, 0.5) is 0 Å². The van der Waals surface area contributed by atoms with Crippen LogP contribution in [0, 0.1) is 6.92 Å². The molecule has 0 fully saturated rings. The van der Waals surface area contributed by atoms with Crippen molar-refractivity contribution in [3.8, 4) is 5.13 Å². The van der Waals surface area contributed by atoms with E-state index in [0.717, 1.165) is 17.8 Å². The van der Waals surface area contributed by atoms with Crippen LogP contribution in [0.1, 0.15) is 34.5 Å². The molecule has 0 aliphatic rings. The first-order valence-electron chi connectivity index (χ1n) is 5.11. The van der Waals surface area contributed by atoms with Gasteiger partial charge in [-0.25, -0.2) is 4.79 Å². The quantitative estimate of drug-likeness (QED) is 0.876. The molecular formula is C9H11N5O2S. The Labute approximate surface area is 101 Å². The molecule has 1 N–H and O–H groups in total. The summed E-state index contributed by atoms with van der Waals surface area (Å²) >= 11 is 1.40. The molecule has 2 heterocycles. The zero-order valence-electron chi connectivity index (χ0n) is 9.41. The van der Waals surface area contributed by atoms with Gasteiger partial charge in [-0.3, -0.25) is 0 Å². The average molecular weight is 253 g/mol. The van der Waals surface area contributed by atoms with Crippen LogP contribution in [0.25, 0.3) is 5.13 Å². The standard InChI is InChI=1S/C9H11N5O2S/c1-3-4-6-10-12-9(17-6)14-5(2)7(8(15)16)11-13-14/h3-4H2,1-2H3,(H,15,16).